The highest BCUT2D eigenvalue weighted by Gasteiger charge is 2.19. The maximum absolute atomic E-state index is 12.7. The fourth-order valence-electron chi connectivity index (χ4n) is 3.83. The van der Waals surface area contributed by atoms with Gasteiger partial charge >= 0.3 is 5.69 Å². The Morgan fingerprint density at radius 2 is 1.93 bits per heavy atom. The molecule has 150 valence electrons. The van der Waals surface area contributed by atoms with Crippen LogP contribution in [0.2, 0.25) is 5.02 Å². The molecule has 1 heterocycles. The van der Waals surface area contributed by atoms with Crippen molar-refractivity contribution in [3.05, 3.63) is 63.5 Å². The monoisotopic (exact) mass is 410 g/mol. The summed E-state index contributed by atoms with van der Waals surface area (Å²) in [6.45, 7) is 1.71. The summed E-state index contributed by atoms with van der Waals surface area (Å²) < 4.78 is 1.41. The van der Waals surface area contributed by atoms with Crippen LogP contribution < -0.4 is 16.3 Å². The van der Waals surface area contributed by atoms with Gasteiger partial charge in [-0.25, -0.2) is 4.79 Å². The highest BCUT2D eigenvalue weighted by Crippen LogP contribution is 2.26. The summed E-state index contributed by atoms with van der Waals surface area (Å²) in [4.78, 5) is 29.6. The Hall–Kier alpha value is -2.86. The molecule has 29 heavy (non-hydrogen) atoms. The van der Waals surface area contributed by atoms with Gasteiger partial charge in [-0.3, -0.25) is 9.36 Å². The van der Waals surface area contributed by atoms with E-state index in [-0.39, 0.29) is 12.5 Å². The third kappa shape index (κ3) is 4.12. The molecular weight excluding hydrogens is 388 g/mol. The zero-order chi connectivity index (χ0) is 20.4. The molecule has 0 radical (unpaired) electrons. The van der Waals surface area contributed by atoms with E-state index in [1.165, 1.54) is 17.4 Å². The standard InChI is InChI=1S/C22H23ClN4O2/c1-14-17(23)10-6-11-18(14)25-20(28)13-27-19-12-5-4-9-16(19)21(26-22(27)29)24-15-7-2-3-8-15/h4-6,9-12,15H,2-3,7-8,13H2,1H3,(H,25,28)(H,24,26,29). The minimum absolute atomic E-state index is 0.123. The molecule has 1 aliphatic carbocycles. The first-order chi connectivity index (χ1) is 14.0. The summed E-state index contributed by atoms with van der Waals surface area (Å²) >= 11 is 6.12. The molecule has 7 heteroatoms. The van der Waals surface area contributed by atoms with Crippen molar-refractivity contribution in [2.24, 2.45) is 0 Å². The second-order valence-electron chi connectivity index (χ2n) is 7.43. The number of benzene rings is 2. The highest BCUT2D eigenvalue weighted by atomic mass is 35.5. The van der Waals surface area contributed by atoms with E-state index >= 15 is 0 Å². The van der Waals surface area contributed by atoms with Crippen LogP contribution in [-0.2, 0) is 11.3 Å². The van der Waals surface area contributed by atoms with Crippen LogP contribution in [0.25, 0.3) is 10.9 Å². The van der Waals surface area contributed by atoms with Gasteiger partial charge < -0.3 is 10.6 Å². The zero-order valence-electron chi connectivity index (χ0n) is 16.2. The lowest BCUT2D eigenvalue weighted by molar-refractivity contribution is -0.116. The van der Waals surface area contributed by atoms with Crippen molar-refractivity contribution < 1.29 is 4.79 Å². The Bertz CT molecular complexity index is 1120. The first-order valence-corrected chi connectivity index (χ1v) is 10.2. The first-order valence-electron chi connectivity index (χ1n) is 9.84. The van der Waals surface area contributed by atoms with Crippen LogP contribution in [0.15, 0.2) is 47.3 Å². The van der Waals surface area contributed by atoms with Gasteiger partial charge in [-0.15, -0.1) is 0 Å². The second-order valence-corrected chi connectivity index (χ2v) is 7.84. The summed E-state index contributed by atoms with van der Waals surface area (Å²) in [7, 11) is 0. The molecular formula is C22H23ClN4O2. The van der Waals surface area contributed by atoms with Gasteiger partial charge in [-0.05, 0) is 49.6 Å². The zero-order valence-corrected chi connectivity index (χ0v) is 17.0. The molecule has 0 atom stereocenters. The maximum Gasteiger partial charge on any atom is 0.350 e. The van der Waals surface area contributed by atoms with Crippen LogP contribution in [0.4, 0.5) is 11.5 Å². The SMILES string of the molecule is Cc1c(Cl)cccc1NC(=O)Cn1c(=O)nc(NC2CCCC2)c2ccccc21. The Morgan fingerprint density at radius 1 is 1.17 bits per heavy atom. The molecule has 0 unspecified atom stereocenters. The van der Waals surface area contributed by atoms with Crippen LogP contribution in [0, 0.1) is 6.92 Å². The van der Waals surface area contributed by atoms with Crippen molar-refractivity contribution in [1.29, 1.82) is 0 Å². The van der Waals surface area contributed by atoms with E-state index in [4.69, 9.17) is 11.6 Å². The number of fused-ring (bicyclic) bond motifs is 1. The quantitative estimate of drug-likeness (QED) is 0.655. The van der Waals surface area contributed by atoms with Crippen molar-refractivity contribution in [3.63, 3.8) is 0 Å². The number of halogens is 1. The van der Waals surface area contributed by atoms with Crippen molar-refractivity contribution in [2.45, 2.75) is 45.2 Å². The number of nitrogens with zero attached hydrogens (tertiary/aromatic N) is 2. The van der Waals surface area contributed by atoms with E-state index in [1.807, 2.05) is 31.2 Å². The molecule has 0 saturated heterocycles. The number of anilines is 2. The normalized spacial score (nSPS) is 14.3. The highest BCUT2D eigenvalue weighted by molar-refractivity contribution is 6.31. The van der Waals surface area contributed by atoms with E-state index in [2.05, 4.69) is 15.6 Å². The number of rotatable bonds is 5. The summed E-state index contributed by atoms with van der Waals surface area (Å²) in [5.41, 5.74) is 1.66. The largest absolute Gasteiger partial charge is 0.367 e. The minimum atomic E-state index is -0.442. The molecule has 4 rings (SSSR count). The first kappa shape index (κ1) is 19.5. The van der Waals surface area contributed by atoms with Crippen molar-refractivity contribution >= 4 is 39.9 Å². The third-order valence-electron chi connectivity index (χ3n) is 5.43. The number of aromatic nitrogens is 2. The van der Waals surface area contributed by atoms with Crippen LogP contribution in [-0.4, -0.2) is 21.5 Å². The van der Waals surface area contributed by atoms with E-state index < -0.39 is 5.69 Å². The minimum Gasteiger partial charge on any atom is -0.367 e. The fourth-order valence-corrected chi connectivity index (χ4v) is 4.01. The van der Waals surface area contributed by atoms with Gasteiger partial charge in [0.25, 0.3) is 0 Å². The topological polar surface area (TPSA) is 76.0 Å². The van der Waals surface area contributed by atoms with E-state index in [0.29, 0.717) is 28.1 Å². The smallest absolute Gasteiger partial charge is 0.350 e. The molecule has 6 nitrogen and oxygen atoms in total. The van der Waals surface area contributed by atoms with Crippen molar-refractivity contribution in [1.82, 2.24) is 9.55 Å². The Balaban J connectivity index is 1.63. The van der Waals surface area contributed by atoms with Gasteiger partial charge in [0, 0.05) is 22.1 Å². The van der Waals surface area contributed by atoms with Gasteiger partial charge in [0.15, 0.2) is 0 Å². The van der Waals surface area contributed by atoms with Gasteiger partial charge in [-0.1, -0.05) is 42.6 Å². The lowest BCUT2D eigenvalue weighted by atomic mass is 10.2. The molecule has 0 aliphatic heterocycles. The number of para-hydroxylation sites is 1. The summed E-state index contributed by atoms with van der Waals surface area (Å²) in [6.07, 6.45) is 4.55. The number of hydrogen-bond donors (Lipinski definition) is 2. The van der Waals surface area contributed by atoms with E-state index in [0.717, 1.165) is 23.8 Å². The molecule has 1 amide bonds. The molecule has 2 N–H and O–H groups in total. The summed E-state index contributed by atoms with van der Waals surface area (Å²) in [5, 5.41) is 7.67. The Morgan fingerprint density at radius 3 is 2.72 bits per heavy atom. The van der Waals surface area contributed by atoms with Crippen molar-refractivity contribution in [2.75, 3.05) is 10.6 Å². The predicted molar refractivity (Wildman–Crippen MR) is 117 cm³/mol. The molecule has 2 aromatic carbocycles. The van der Waals surface area contributed by atoms with Crippen molar-refractivity contribution in [3.8, 4) is 0 Å². The second kappa shape index (κ2) is 8.25. The van der Waals surface area contributed by atoms with Gasteiger partial charge in [-0.2, -0.15) is 4.98 Å². The average Bonchev–Trinajstić information content (AvgIpc) is 3.21. The van der Waals surface area contributed by atoms with Gasteiger partial charge in [0.05, 0.1) is 5.52 Å². The Kier molecular flexibility index (Phi) is 5.53. The van der Waals surface area contributed by atoms with E-state index in [9.17, 15) is 9.59 Å². The van der Waals surface area contributed by atoms with Crippen LogP contribution in [0.5, 0.6) is 0 Å². The van der Waals surface area contributed by atoms with Gasteiger partial charge in [0.1, 0.15) is 12.4 Å². The molecule has 1 fully saturated rings. The van der Waals surface area contributed by atoms with Gasteiger partial charge in [0.2, 0.25) is 5.91 Å². The maximum atomic E-state index is 12.7. The Labute approximate surface area is 173 Å². The fraction of sp³-hybridized carbons (Fsp3) is 0.318. The number of carbonyl (C=O) groups is 1. The molecule has 1 aromatic heterocycles. The van der Waals surface area contributed by atoms with Crippen LogP contribution in [0.3, 0.4) is 0 Å². The number of hydrogen-bond acceptors (Lipinski definition) is 4. The molecule has 3 aromatic rings. The number of amides is 1. The summed E-state index contributed by atoms with van der Waals surface area (Å²) in [5.74, 6) is 0.292. The predicted octanol–water partition coefficient (Wildman–Crippen LogP) is 4.35. The molecule has 0 spiro atoms. The molecule has 1 aliphatic rings. The van der Waals surface area contributed by atoms with Crippen LogP contribution in [0.1, 0.15) is 31.2 Å². The number of carbonyl (C=O) groups excluding carboxylic acids is 1. The lowest BCUT2D eigenvalue weighted by Gasteiger charge is -2.17. The summed E-state index contributed by atoms with van der Waals surface area (Å²) in [6, 6.07) is 13.2. The lowest BCUT2D eigenvalue weighted by Crippen LogP contribution is -2.31. The molecule has 0 bridgehead atoms. The number of nitrogens with one attached hydrogen (secondary N) is 2. The van der Waals surface area contributed by atoms with Crippen LogP contribution >= 0.6 is 11.6 Å². The average molecular weight is 411 g/mol. The van der Waals surface area contributed by atoms with E-state index in [1.54, 1.807) is 18.2 Å². The molecule has 1 saturated carbocycles. The third-order valence-corrected chi connectivity index (χ3v) is 5.84.